The summed E-state index contributed by atoms with van der Waals surface area (Å²) < 4.78 is 0. The van der Waals surface area contributed by atoms with Crippen LogP contribution in [0.2, 0.25) is 0 Å². The molecule has 2 aromatic heterocycles. The lowest BCUT2D eigenvalue weighted by Crippen LogP contribution is -2.48. The Labute approximate surface area is 150 Å². The van der Waals surface area contributed by atoms with Gasteiger partial charge in [0.15, 0.2) is 0 Å². The molecule has 1 saturated heterocycles. The van der Waals surface area contributed by atoms with Gasteiger partial charge in [-0.3, -0.25) is 4.79 Å². The maximum Gasteiger partial charge on any atom is 0.219 e. The van der Waals surface area contributed by atoms with E-state index in [2.05, 4.69) is 40.2 Å². The van der Waals surface area contributed by atoms with E-state index in [0.717, 1.165) is 48.0 Å². The Balaban J connectivity index is 1.72. The summed E-state index contributed by atoms with van der Waals surface area (Å²) >= 11 is 1.71. The van der Waals surface area contributed by atoms with Crippen molar-refractivity contribution in [1.29, 1.82) is 0 Å². The molecule has 0 radical (unpaired) electrons. The van der Waals surface area contributed by atoms with Gasteiger partial charge in [0, 0.05) is 38.0 Å². The third-order valence-corrected chi connectivity index (χ3v) is 5.65. The molecule has 5 nitrogen and oxygen atoms in total. The van der Waals surface area contributed by atoms with E-state index in [9.17, 15) is 4.79 Å². The quantitative estimate of drug-likeness (QED) is 0.710. The molecule has 3 aromatic rings. The molecule has 0 unspecified atom stereocenters. The molecular weight excluding hydrogens is 332 g/mol. The molecular formula is C19H20N4OS. The van der Waals surface area contributed by atoms with E-state index in [0.29, 0.717) is 0 Å². The molecule has 0 N–H and O–H groups in total. The zero-order valence-corrected chi connectivity index (χ0v) is 15.2. The number of benzene rings is 1. The number of fused-ring (bicyclic) bond motifs is 1. The molecule has 3 heterocycles. The number of amides is 1. The van der Waals surface area contributed by atoms with Crippen LogP contribution in [0.15, 0.2) is 36.4 Å². The minimum Gasteiger partial charge on any atom is -0.352 e. The van der Waals surface area contributed by atoms with Crippen LogP contribution in [0, 0.1) is 6.92 Å². The molecule has 0 aliphatic carbocycles. The summed E-state index contributed by atoms with van der Waals surface area (Å²) in [6.07, 6.45) is 0. The second-order valence-corrected chi connectivity index (χ2v) is 7.31. The lowest BCUT2D eigenvalue weighted by molar-refractivity contribution is -0.129. The molecule has 6 heteroatoms. The third kappa shape index (κ3) is 3.09. The zero-order valence-electron chi connectivity index (χ0n) is 14.4. The topological polar surface area (TPSA) is 49.3 Å². The Hall–Kier alpha value is -2.47. The standard InChI is InChI=1S/C19H20N4OS/c1-13-20-18(23-10-8-22(9-11-23)14(2)24)16-12-17(25-19(16)21-13)15-6-4-3-5-7-15/h3-7,12H,8-11H2,1-2H3. The summed E-state index contributed by atoms with van der Waals surface area (Å²) in [5.74, 6) is 1.92. The number of hydrogen-bond acceptors (Lipinski definition) is 5. The highest BCUT2D eigenvalue weighted by Gasteiger charge is 2.22. The summed E-state index contributed by atoms with van der Waals surface area (Å²) in [6, 6.07) is 12.6. The molecule has 1 fully saturated rings. The van der Waals surface area contributed by atoms with Gasteiger partial charge in [0.1, 0.15) is 16.5 Å². The minimum atomic E-state index is 0.144. The fourth-order valence-electron chi connectivity index (χ4n) is 3.23. The average molecular weight is 352 g/mol. The van der Waals surface area contributed by atoms with Crippen molar-refractivity contribution in [1.82, 2.24) is 14.9 Å². The SMILES string of the molecule is CC(=O)N1CCN(c2nc(C)nc3sc(-c4ccccc4)cc23)CC1. The lowest BCUT2D eigenvalue weighted by Gasteiger charge is -2.35. The number of rotatable bonds is 2. The van der Waals surface area contributed by atoms with Crippen molar-refractivity contribution >= 4 is 33.3 Å². The van der Waals surface area contributed by atoms with Crippen LogP contribution < -0.4 is 4.90 Å². The number of carbonyl (C=O) groups excluding carboxylic acids is 1. The van der Waals surface area contributed by atoms with Gasteiger partial charge in [0.25, 0.3) is 0 Å². The molecule has 0 spiro atoms. The van der Waals surface area contributed by atoms with E-state index < -0.39 is 0 Å². The largest absolute Gasteiger partial charge is 0.352 e. The Morgan fingerprint density at radius 2 is 1.80 bits per heavy atom. The Bertz CT molecular complexity index is 914. The van der Waals surface area contributed by atoms with Gasteiger partial charge < -0.3 is 9.80 Å². The second-order valence-electron chi connectivity index (χ2n) is 6.28. The first-order chi connectivity index (χ1) is 12.1. The Morgan fingerprint density at radius 1 is 1.08 bits per heavy atom. The van der Waals surface area contributed by atoms with E-state index in [1.165, 1.54) is 10.4 Å². The second kappa shape index (κ2) is 6.44. The summed E-state index contributed by atoms with van der Waals surface area (Å²) in [5, 5.41) is 1.10. The van der Waals surface area contributed by atoms with Crippen molar-refractivity contribution in [3.05, 3.63) is 42.2 Å². The van der Waals surface area contributed by atoms with Crippen molar-refractivity contribution in [3.8, 4) is 10.4 Å². The van der Waals surface area contributed by atoms with Gasteiger partial charge >= 0.3 is 0 Å². The number of aromatic nitrogens is 2. The van der Waals surface area contributed by atoms with Gasteiger partial charge in [-0.15, -0.1) is 11.3 Å². The highest BCUT2D eigenvalue weighted by Crippen LogP contribution is 2.36. The van der Waals surface area contributed by atoms with Crippen molar-refractivity contribution in [2.24, 2.45) is 0 Å². The fourth-order valence-corrected chi connectivity index (χ4v) is 4.31. The number of nitrogens with zero attached hydrogens (tertiary/aromatic N) is 4. The predicted molar refractivity (Wildman–Crippen MR) is 102 cm³/mol. The summed E-state index contributed by atoms with van der Waals surface area (Å²) in [7, 11) is 0. The average Bonchev–Trinajstić information content (AvgIpc) is 3.05. The molecule has 4 rings (SSSR count). The Morgan fingerprint density at radius 3 is 2.48 bits per heavy atom. The first-order valence-electron chi connectivity index (χ1n) is 8.46. The van der Waals surface area contributed by atoms with Gasteiger partial charge in [-0.05, 0) is 18.6 Å². The maximum atomic E-state index is 11.6. The van der Waals surface area contributed by atoms with E-state index in [1.807, 2.05) is 17.9 Å². The normalized spacial score (nSPS) is 15.0. The van der Waals surface area contributed by atoms with Crippen molar-refractivity contribution in [2.45, 2.75) is 13.8 Å². The van der Waals surface area contributed by atoms with E-state index >= 15 is 0 Å². The molecule has 1 aliphatic heterocycles. The molecule has 0 atom stereocenters. The van der Waals surface area contributed by atoms with Crippen LogP contribution >= 0.6 is 11.3 Å². The zero-order chi connectivity index (χ0) is 17.4. The van der Waals surface area contributed by atoms with E-state index in [-0.39, 0.29) is 5.91 Å². The predicted octanol–water partition coefficient (Wildman–Crippen LogP) is 3.34. The summed E-state index contributed by atoms with van der Waals surface area (Å²) in [4.78, 5) is 27.3. The van der Waals surface area contributed by atoms with Crippen molar-refractivity contribution in [3.63, 3.8) is 0 Å². The molecule has 1 aliphatic rings. The summed E-state index contributed by atoms with van der Waals surface area (Å²) in [6.45, 7) is 6.68. The van der Waals surface area contributed by atoms with Gasteiger partial charge in [-0.25, -0.2) is 9.97 Å². The number of aryl methyl sites for hydroxylation is 1. The molecule has 1 aromatic carbocycles. The minimum absolute atomic E-state index is 0.144. The maximum absolute atomic E-state index is 11.6. The summed E-state index contributed by atoms with van der Waals surface area (Å²) in [5.41, 5.74) is 1.20. The van der Waals surface area contributed by atoms with Crippen LogP contribution in [-0.4, -0.2) is 47.0 Å². The lowest BCUT2D eigenvalue weighted by atomic mass is 10.2. The van der Waals surface area contributed by atoms with Crippen LogP contribution in [-0.2, 0) is 4.79 Å². The van der Waals surface area contributed by atoms with E-state index in [1.54, 1.807) is 18.3 Å². The fraction of sp³-hybridized carbons (Fsp3) is 0.316. The first-order valence-corrected chi connectivity index (χ1v) is 9.27. The molecule has 1 amide bonds. The Kier molecular flexibility index (Phi) is 4.13. The molecule has 25 heavy (non-hydrogen) atoms. The van der Waals surface area contributed by atoms with Crippen molar-refractivity contribution in [2.75, 3.05) is 31.1 Å². The van der Waals surface area contributed by atoms with Crippen molar-refractivity contribution < 1.29 is 4.79 Å². The number of anilines is 1. The first kappa shape index (κ1) is 16.0. The van der Waals surface area contributed by atoms with Crippen LogP contribution in [0.25, 0.3) is 20.7 Å². The van der Waals surface area contributed by atoms with Crippen LogP contribution in [0.3, 0.4) is 0 Å². The highest BCUT2D eigenvalue weighted by atomic mass is 32.1. The van der Waals surface area contributed by atoms with Gasteiger partial charge in [0.05, 0.1) is 5.39 Å². The van der Waals surface area contributed by atoms with Crippen LogP contribution in [0.4, 0.5) is 5.82 Å². The number of piperazine rings is 1. The molecule has 0 bridgehead atoms. The highest BCUT2D eigenvalue weighted by molar-refractivity contribution is 7.21. The molecule has 0 saturated carbocycles. The van der Waals surface area contributed by atoms with Gasteiger partial charge in [-0.1, -0.05) is 30.3 Å². The number of hydrogen-bond donors (Lipinski definition) is 0. The number of carbonyl (C=O) groups is 1. The molecule has 128 valence electrons. The van der Waals surface area contributed by atoms with Crippen LogP contribution in [0.5, 0.6) is 0 Å². The van der Waals surface area contributed by atoms with Crippen LogP contribution in [0.1, 0.15) is 12.7 Å². The monoisotopic (exact) mass is 352 g/mol. The third-order valence-electron chi connectivity index (χ3n) is 4.57. The smallest absolute Gasteiger partial charge is 0.219 e. The van der Waals surface area contributed by atoms with Gasteiger partial charge in [-0.2, -0.15) is 0 Å². The number of thiophene rings is 1. The van der Waals surface area contributed by atoms with E-state index in [4.69, 9.17) is 4.98 Å². The van der Waals surface area contributed by atoms with Gasteiger partial charge in [0.2, 0.25) is 5.91 Å².